The second-order valence-electron chi connectivity index (χ2n) is 7.19. The molecule has 0 bridgehead atoms. The Hall–Kier alpha value is -1.72. The highest BCUT2D eigenvalue weighted by atomic mass is 32.1. The summed E-state index contributed by atoms with van der Waals surface area (Å²) < 4.78 is 0. The van der Waals surface area contributed by atoms with Crippen LogP contribution in [-0.4, -0.2) is 16.9 Å². The van der Waals surface area contributed by atoms with Crippen molar-refractivity contribution in [3.8, 4) is 10.6 Å². The van der Waals surface area contributed by atoms with E-state index in [2.05, 4.69) is 36.5 Å². The number of thiazole rings is 1. The molecule has 25 heavy (non-hydrogen) atoms. The molecule has 1 aromatic carbocycles. The fraction of sp³-hybridized carbons (Fsp3) is 0.500. The Morgan fingerprint density at radius 3 is 2.68 bits per heavy atom. The summed E-state index contributed by atoms with van der Waals surface area (Å²) in [5.74, 6) is 0.184. The molecule has 3 rings (SSSR count). The second-order valence-corrected chi connectivity index (χ2v) is 8.22. The first-order valence-corrected chi connectivity index (χ1v) is 9.86. The van der Waals surface area contributed by atoms with E-state index in [0.717, 1.165) is 46.8 Å². The maximum atomic E-state index is 12.6. The minimum absolute atomic E-state index is 0.0256. The monoisotopic (exact) mass is 357 g/mol. The number of carbonyl (C=O) groups is 1. The average molecular weight is 358 g/mol. The van der Waals surface area contributed by atoms with Gasteiger partial charge in [-0.05, 0) is 40.0 Å². The Balaban J connectivity index is 1.70. The van der Waals surface area contributed by atoms with Crippen LogP contribution in [0.4, 0.5) is 0 Å². The lowest BCUT2D eigenvalue weighted by Crippen LogP contribution is -2.38. The van der Waals surface area contributed by atoms with Gasteiger partial charge in [0.2, 0.25) is 5.91 Å². The molecule has 0 spiro atoms. The lowest BCUT2D eigenvalue weighted by atomic mass is 9.85. The first-order valence-electron chi connectivity index (χ1n) is 9.04. The standard InChI is InChI=1S/C20H27N3OS/c1-12-7-9-15(10-8-12)20-23-14(3)18(25-20)13(2)22-19(24)16-5-4-6-17(21)11-16/h7-10,13,16-17H,4-6,11,21H2,1-3H3,(H,22,24). The van der Waals surface area contributed by atoms with Crippen molar-refractivity contribution in [1.29, 1.82) is 0 Å². The Morgan fingerprint density at radius 1 is 1.28 bits per heavy atom. The van der Waals surface area contributed by atoms with Crippen LogP contribution in [0.1, 0.15) is 54.8 Å². The molecule has 2 aromatic rings. The number of carbonyl (C=O) groups excluding carboxylic acids is 1. The smallest absolute Gasteiger partial charge is 0.223 e. The molecule has 3 N–H and O–H groups in total. The third-order valence-electron chi connectivity index (χ3n) is 4.97. The van der Waals surface area contributed by atoms with E-state index < -0.39 is 0 Å². The fourth-order valence-corrected chi connectivity index (χ4v) is 4.57. The first-order chi connectivity index (χ1) is 11.9. The van der Waals surface area contributed by atoms with Gasteiger partial charge in [-0.2, -0.15) is 0 Å². The quantitative estimate of drug-likeness (QED) is 0.865. The SMILES string of the molecule is Cc1ccc(-c2nc(C)c(C(C)NC(=O)C3CCCC(N)C3)s2)cc1. The molecule has 1 aromatic heterocycles. The lowest BCUT2D eigenvalue weighted by Gasteiger charge is -2.27. The highest BCUT2D eigenvalue weighted by Gasteiger charge is 2.27. The number of hydrogen-bond donors (Lipinski definition) is 2. The van der Waals surface area contributed by atoms with Crippen molar-refractivity contribution >= 4 is 17.2 Å². The third-order valence-corrected chi connectivity index (χ3v) is 6.36. The number of amides is 1. The molecule has 1 amide bonds. The van der Waals surface area contributed by atoms with E-state index in [4.69, 9.17) is 10.7 Å². The van der Waals surface area contributed by atoms with Crippen molar-refractivity contribution < 1.29 is 4.79 Å². The lowest BCUT2D eigenvalue weighted by molar-refractivity contribution is -0.126. The van der Waals surface area contributed by atoms with Gasteiger partial charge in [-0.15, -0.1) is 11.3 Å². The van der Waals surface area contributed by atoms with Crippen LogP contribution in [0.3, 0.4) is 0 Å². The number of benzene rings is 1. The summed E-state index contributed by atoms with van der Waals surface area (Å²) in [7, 11) is 0. The van der Waals surface area contributed by atoms with Gasteiger partial charge in [0.1, 0.15) is 5.01 Å². The van der Waals surface area contributed by atoms with E-state index in [9.17, 15) is 4.79 Å². The Kier molecular flexibility index (Phi) is 5.54. The predicted octanol–water partition coefficient (Wildman–Crippen LogP) is 4.12. The van der Waals surface area contributed by atoms with E-state index in [-0.39, 0.29) is 23.9 Å². The molecule has 0 radical (unpaired) electrons. The van der Waals surface area contributed by atoms with E-state index in [1.807, 2.05) is 13.8 Å². The summed E-state index contributed by atoms with van der Waals surface area (Å²) >= 11 is 1.67. The van der Waals surface area contributed by atoms with Gasteiger partial charge in [0.15, 0.2) is 0 Å². The van der Waals surface area contributed by atoms with Crippen LogP contribution in [0, 0.1) is 19.8 Å². The number of nitrogens with one attached hydrogen (secondary N) is 1. The highest BCUT2D eigenvalue weighted by Crippen LogP contribution is 2.32. The Morgan fingerprint density at radius 2 is 2.00 bits per heavy atom. The highest BCUT2D eigenvalue weighted by molar-refractivity contribution is 7.15. The van der Waals surface area contributed by atoms with Crippen LogP contribution in [0.2, 0.25) is 0 Å². The zero-order valence-electron chi connectivity index (χ0n) is 15.2. The Labute approximate surface area is 153 Å². The largest absolute Gasteiger partial charge is 0.348 e. The zero-order chi connectivity index (χ0) is 18.0. The van der Waals surface area contributed by atoms with Gasteiger partial charge in [0, 0.05) is 17.5 Å². The summed E-state index contributed by atoms with van der Waals surface area (Å²) in [5, 5.41) is 4.18. The summed E-state index contributed by atoms with van der Waals surface area (Å²) in [6.07, 6.45) is 3.83. The minimum atomic E-state index is -0.0256. The molecule has 134 valence electrons. The predicted molar refractivity (Wildman–Crippen MR) is 104 cm³/mol. The normalized spacial score (nSPS) is 21.8. The first kappa shape index (κ1) is 18.1. The van der Waals surface area contributed by atoms with Crippen molar-refractivity contribution in [3.05, 3.63) is 40.4 Å². The van der Waals surface area contributed by atoms with E-state index in [0.29, 0.717) is 0 Å². The summed E-state index contributed by atoms with van der Waals surface area (Å²) in [4.78, 5) is 18.4. The molecule has 5 heteroatoms. The molecular weight excluding hydrogens is 330 g/mol. The van der Waals surface area contributed by atoms with Gasteiger partial charge in [-0.3, -0.25) is 4.79 Å². The van der Waals surface area contributed by atoms with Crippen LogP contribution in [0.15, 0.2) is 24.3 Å². The number of aryl methyl sites for hydroxylation is 2. The molecule has 4 nitrogen and oxygen atoms in total. The number of nitrogens with zero attached hydrogens (tertiary/aromatic N) is 1. The van der Waals surface area contributed by atoms with Crippen molar-refractivity contribution in [1.82, 2.24) is 10.3 Å². The summed E-state index contributed by atoms with van der Waals surface area (Å²) in [5.41, 5.74) is 9.38. The van der Waals surface area contributed by atoms with Crippen LogP contribution >= 0.6 is 11.3 Å². The number of hydrogen-bond acceptors (Lipinski definition) is 4. The molecule has 1 aliphatic rings. The van der Waals surface area contributed by atoms with Gasteiger partial charge in [-0.1, -0.05) is 36.2 Å². The van der Waals surface area contributed by atoms with Gasteiger partial charge < -0.3 is 11.1 Å². The minimum Gasteiger partial charge on any atom is -0.348 e. The molecule has 1 heterocycles. The summed E-state index contributed by atoms with van der Waals surface area (Å²) in [6, 6.07) is 8.54. The molecular formula is C20H27N3OS. The van der Waals surface area contributed by atoms with Crippen molar-refractivity contribution in [2.24, 2.45) is 11.7 Å². The maximum absolute atomic E-state index is 12.6. The number of nitrogens with two attached hydrogens (primary N) is 1. The zero-order valence-corrected chi connectivity index (χ0v) is 16.0. The second kappa shape index (κ2) is 7.67. The average Bonchev–Trinajstić information content (AvgIpc) is 2.97. The van der Waals surface area contributed by atoms with Crippen molar-refractivity contribution in [3.63, 3.8) is 0 Å². The van der Waals surface area contributed by atoms with Crippen molar-refractivity contribution in [2.75, 3.05) is 0 Å². The topological polar surface area (TPSA) is 68.0 Å². The number of rotatable bonds is 4. The molecule has 0 aliphatic heterocycles. The molecule has 0 saturated heterocycles. The van der Waals surface area contributed by atoms with Crippen molar-refractivity contribution in [2.45, 2.75) is 58.5 Å². The van der Waals surface area contributed by atoms with Crippen LogP contribution in [0.5, 0.6) is 0 Å². The van der Waals surface area contributed by atoms with Gasteiger partial charge in [-0.25, -0.2) is 4.98 Å². The summed E-state index contributed by atoms with van der Waals surface area (Å²) in [6.45, 7) is 6.14. The van der Waals surface area contributed by atoms with Gasteiger partial charge in [0.05, 0.1) is 16.6 Å². The third kappa shape index (κ3) is 4.28. The molecule has 3 unspecified atom stereocenters. The van der Waals surface area contributed by atoms with Gasteiger partial charge >= 0.3 is 0 Å². The molecule has 1 saturated carbocycles. The molecule has 1 aliphatic carbocycles. The Bertz CT molecular complexity index is 738. The molecule has 3 atom stereocenters. The van der Waals surface area contributed by atoms with E-state index in [1.54, 1.807) is 11.3 Å². The van der Waals surface area contributed by atoms with Crippen LogP contribution < -0.4 is 11.1 Å². The number of aromatic nitrogens is 1. The van der Waals surface area contributed by atoms with Crippen LogP contribution in [-0.2, 0) is 4.79 Å². The molecule has 1 fully saturated rings. The van der Waals surface area contributed by atoms with Crippen LogP contribution in [0.25, 0.3) is 10.6 Å². The van der Waals surface area contributed by atoms with E-state index >= 15 is 0 Å². The van der Waals surface area contributed by atoms with E-state index in [1.165, 1.54) is 5.56 Å². The fourth-order valence-electron chi connectivity index (χ4n) is 3.49. The maximum Gasteiger partial charge on any atom is 0.223 e. The van der Waals surface area contributed by atoms with Gasteiger partial charge in [0.25, 0.3) is 0 Å².